The summed E-state index contributed by atoms with van der Waals surface area (Å²) in [6.07, 6.45) is 2.59. The zero-order valence-corrected chi connectivity index (χ0v) is 28.4. The molecule has 14 heteroatoms. The molecule has 5 rings (SSSR count). The van der Waals surface area contributed by atoms with Crippen LogP contribution in [0.2, 0.25) is 0 Å². The number of hydrazine groups is 1. The summed E-state index contributed by atoms with van der Waals surface area (Å²) in [6.45, 7) is 9.65. The Morgan fingerprint density at radius 3 is 2.26 bits per heavy atom. The molecule has 0 atom stereocenters. The number of methoxy groups -OCH3 is 1. The molecule has 1 fully saturated rings. The summed E-state index contributed by atoms with van der Waals surface area (Å²) >= 11 is 1.23. The van der Waals surface area contributed by atoms with Gasteiger partial charge in [-0.2, -0.15) is 0 Å². The van der Waals surface area contributed by atoms with E-state index in [1.807, 2.05) is 32.9 Å². The van der Waals surface area contributed by atoms with E-state index in [4.69, 9.17) is 4.74 Å². The molecule has 0 unspecified atom stereocenters. The van der Waals surface area contributed by atoms with Gasteiger partial charge in [-0.05, 0) is 59.8 Å². The molecule has 0 bridgehead atoms. The van der Waals surface area contributed by atoms with Crippen LogP contribution in [0.4, 0.5) is 22.9 Å². The highest BCUT2D eigenvalue weighted by molar-refractivity contribution is 7.92. The summed E-state index contributed by atoms with van der Waals surface area (Å²) < 4.78 is 32.9. The SMILES string of the molecule is COc1c(NC(=O)c2cc3cccc(NC(=O)c4ccc(NN5CCN(C)CC5)nc4)c3s2)cc(C(C)(C)C)cc1NS(C)(=O)=O. The number of rotatable bonds is 9. The van der Waals surface area contributed by atoms with E-state index >= 15 is 0 Å². The van der Waals surface area contributed by atoms with Crippen LogP contribution in [-0.4, -0.2) is 81.7 Å². The Morgan fingerprint density at radius 2 is 1.63 bits per heavy atom. The van der Waals surface area contributed by atoms with E-state index in [-0.39, 0.29) is 22.8 Å². The minimum absolute atomic E-state index is 0.194. The van der Waals surface area contributed by atoms with Gasteiger partial charge in [0.2, 0.25) is 10.0 Å². The van der Waals surface area contributed by atoms with Gasteiger partial charge in [0.15, 0.2) is 5.75 Å². The standard InChI is InChI=1S/C32H39N7O5S2/c1-32(2,3)22-17-24(28(44-5)25(18-22)37-46(6,42)43)35-31(41)26-16-20-8-7-9-23(29(20)45-26)34-30(40)21-10-11-27(33-19-21)36-39-14-12-38(4)13-15-39/h7-11,16-19,37H,12-15H2,1-6H3,(H,33,36)(H,34,40)(H,35,41). The third kappa shape index (κ3) is 7.94. The number of hydrogen-bond donors (Lipinski definition) is 4. The fourth-order valence-electron chi connectivity index (χ4n) is 4.98. The first kappa shape index (κ1) is 33.1. The number of ether oxygens (including phenoxy) is 1. The molecule has 2 amide bonds. The number of likely N-dealkylation sites (N-methyl/N-ethyl adjacent to an activating group) is 1. The molecular weight excluding hydrogens is 627 g/mol. The zero-order valence-electron chi connectivity index (χ0n) is 26.7. The Bertz CT molecular complexity index is 1860. The molecule has 244 valence electrons. The highest BCUT2D eigenvalue weighted by atomic mass is 32.2. The monoisotopic (exact) mass is 665 g/mol. The molecular formula is C32H39N7O5S2. The lowest BCUT2D eigenvalue weighted by Crippen LogP contribution is -2.47. The summed E-state index contributed by atoms with van der Waals surface area (Å²) in [7, 11) is -0.109. The second-order valence-corrected chi connectivity index (χ2v) is 15.1. The lowest BCUT2D eigenvalue weighted by atomic mass is 9.86. The first-order chi connectivity index (χ1) is 21.7. The predicted octanol–water partition coefficient (Wildman–Crippen LogP) is 5.05. The van der Waals surface area contributed by atoms with Gasteiger partial charge in [0, 0.05) is 32.4 Å². The van der Waals surface area contributed by atoms with Crippen molar-refractivity contribution in [1.82, 2.24) is 14.9 Å². The lowest BCUT2D eigenvalue weighted by Gasteiger charge is -2.32. The van der Waals surface area contributed by atoms with Crippen LogP contribution in [0.25, 0.3) is 10.1 Å². The van der Waals surface area contributed by atoms with Crippen molar-refractivity contribution in [3.63, 3.8) is 0 Å². The van der Waals surface area contributed by atoms with Gasteiger partial charge in [0.25, 0.3) is 11.8 Å². The molecule has 0 spiro atoms. The van der Waals surface area contributed by atoms with E-state index in [0.717, 1.165) is 48.1 Å². The smallest absolute Gasteiger partial charge is 0.265 e. The summed E-state index contributed by atoms with van der Waals surface area (Å²) in [6, 6.07) is 14.2. The van der Waals surface area contributed by atoms with E-state index in [9.17, 15) is 18.0 Å². The van der Waals surface area contributed by atoms with Gasteiger partial charge in [-0.15, -0.1) is 11.3 Å². The van der Waals surface area contributed by atoms with E-state index < -0.39 is 15.9 Å². The highest BCUT2D eigenvalue weighted by Crippen LogP contribution is 2.40. The van der Waals surface area contributed by atoms with Crippen LogP contribution >= 0.6 is 11.3 Å². The number of thiophene rings is 1. The highest BCUT2D eigenvalue weighted by Gasteiger charge is 2.23. The summed E-state index contributed by atoms with van der Waals surface area (Å²) in [5.41, 5.74) is 5.27. The van der Waals surface area contributed by atoms with Crippen molar-refractivity contribution >= 4 is 66.1 Å². The van der Waals surface area contributed by atoms with Crippen molar-refractivity contribution in [3.05, 3.63) is 70.7 Å². The normalized spacial score (nSPS) is 14.6. The lowest BCUT2D eigenvalue weighted by molar-refractivity contribution is 0.102. The molecule has 2 aromatic heterocycles. The maximum absolute atomic E-state index is 13.6. The van der Waals surface area contributed by atoms with Gasteiger partial charge in [-0.25, -0.2) is 18.4 Å². The number of carbonyl (C=O) groups excluding carboxylic acids is 2. The molecule has 4 N–H and O–H groups in total. The van der Waals surface area contributed by atoms with Crippen LogP contribution in [0, 0.1) is 0 Å². The Balaban J connectivity index is 1.34. The van der Waals surface area contributed by atoms with Gasteiger partial charge in [0.1, 0.15) is 5.82 Å². The maximum Gasteiger partial charge on any atom is 0.265 e. The number of piperazine rings is 1. The van der Waals surface area contributed by atoms with Crippen LogP contribution in [0.15, 0.2) is 54.7 Å². The van der Waals surface area contributed by atoms with Crippen molar-refractivity contribution in [2.75, 3.05) is 67.4 Å². The molecule has 2 aromatic carbocycles. The van der Waals surface area contributed by atoms with Gasteiger partial charge in [0.05, 0.1) is 45.6 Å². The van der Waals surface area contributed by atoms with Crippen LogP contribution < -0.4 is 25.5 Å². The summed E-state index contributed by atoms with van der Waals surface area (Å²) in [5.74, 6) is 0.140. The Kier molecular flexibility index (Phi) is 9.54. The third-order valence-electron chi connectivity index (χ3n) is 7.52. The minimum atomic E-state index is -3.62. The van der Waals surface area contributed by atoms with Crippen LogP contribution in [-0.2, 0) is 15.4 Å². The summed E-state index contributed by atoms with van der Waals surface area (Å²) in [4.78, 5) is 33.8. The van der Waals surface area contributed by atoms with Crippen molar-refractivity contribution in [1.29, 1.82) is 0 Å². The largest absolute Gasteiger partial charge is 0.492 e. The average Bonchev–Trinajstić information content (AvgIpc) is 3.43. The van der Waals surface area contributed by atoms with E-state index in [2.05, 4.69) is 42.7 Å². The van der Waals surface area contributed by atoms with Crippen LogP contribution in [0.3, 0.4) is 0 Å². The Morgan fingerprint density at radius 1 is 0.935 bits per heavy atom. The van der Waals surface area contributed by atoms with Crippen LogP contribution in [0.1, 0.15) is 46.4 Å². The quantitative estimate of drug-likeness (QED) is 0.193. The molecule has 0 saturated carbocycles. The number of carbonyl (C=O) groups is 2. The van der Waals surface area contributed by atoms with Crippen molar-refractivity contribution < 1.29 is 22.7 Å². The van der Waals surface area contributed by atoms with E-state index in [0.29, 0.717) is 27.6 Å². The second kappa shape index (κ2) is 13.2. The first-order valence-electron chi connectivity index (χ1n) is 14.7. The van der Waals surface area contributed by atoms with E-state index in [1.165, 1.54) is 24.6 Å². The molecule has 12 nitrogen and oxygen atoms in total. The Labute approximate surface area is 273 Å². The molecule has 1 aliphatic heterocycles. The van der Waals surface area contributed by atoms with Gasteiger partial charge < -0.3 is 25.7 Å². The van der Waals surface area contributed by atoms with Gasteiger partial charge in [-0.3, -0.25) is 14.3 Å². The minimum Gasteiger partial charge on any atom is -0.492 e. The number of aromatic nitrogens is 1. The number of nitrogens with zero attached hydrogens (tertiary/aromatic N) is 3. The third-order valence-corrected chi connectivity index (χ3v) is 9.29. The fourth-order valence-corrected chi connectivity index (χ4v) is 6.55. The number of nitrogens with one attached hydrogen (secondary N) is 4. The topological polar surface area (TPSA) is 145 Å². The van der Waals surface area contributed by atoms with Crippen molar-refractivity contribution in [3.8, 4) is 5.75 Å². The van der Waals surface area contributed by atoms with Crippen LogP contribution in [0.5, 0.6) is 5.75 Å². The zero-order chi connectivity index (χ0) is 33.2. The fraction of sp³-hybridized carbons (Fsp3) is 0.344. The molecule has 1 aliphatic rings. The number of anilines is 4. The molecule has 0 radical (unpaired) electrons. The average molecular weight is 666 g/mol. The number of fused-ring (bicyclic) bond motifs is 1. The van der Waals surface area contributed by atoms with Gasteiger partial charge >= 0.3 is 0 Å². The second-order valence-electron chi connectivity index (χ2n) is 12.3. The van der Waals surface area contributed by atoms with Crippen molar-refractivity contribution in [2.24, 2.45) is 0 Å². The molecule has 1 saturated heterocycles. The first-order valence-corrected chi connectivity index (χ1v) is 17.4. The number of benzene rings is 2. The van der Waals surface area contributed by atoms with Gasteiger partial charge in [-0.1, -0.05) is 32.9 Å². The maximum atomic E-state index is 13.6. The number of hydrogen-bond acceptors (Lipinski definition) is 10. The van der Waals surface area contributed by atoms with Crippen molar-refractivity contribution in [2.45, 2.75) is 26.2 Å². The summed E-state index contributed by atoms with van der Waals surface area (Å²) in [5, 5.41) is 8.76. The Hall–Kier alpha value is -4.24. The molecule has 3 heterocycles. The molecule has 46 heavy (non-hydrogen) atoms. The number of pyridine rings is 1. The molecule has 0 aliphatic carbocycles. The predicted molar refractivity (Wildman–Crippen MR) is 185 cm³/mol. The molecule has 4 aromatic rings. The number of amides is 2. The number of sulfonamides is 1. The van der Waals surface area contributed by atoms with E-state index in [1.54, 1.807) is 36.4 Å².